The largest absolute Gasteiger partial charge is 0.394 e. The van der Waals surface area contributed by atoms with E-state index >= 15 is 0 Å². The van der Waals surface area contributed by atoms with Crippen molar-refractivity contribution in [1.82, 2.24) is 9.97 Å². The van der Waals surface area contributed by atoms with Crippen molar-refractivity contribution in [1.29, 1.82) is 0 Å². The highest BCUT2D eigenvalue weighted by atomic mass is 35.5. The van der Waals surface area contributed by atoms with Crippen molar-refractivity contribution in [2.24, 2.45) is 0 Å². The second-order valence-corrected chi connectivity index (χ2v) is 4.10. The van der Waals surface area contributed by atoms with Gasteiger partial charge in [-0.2, -0.15) is 4.98 Å². The molecule has 2 rings (SSSR count). The van der Waals surface area contributed by atoms with Gasteiger partial charge >= 0.3 is 0 Å². The Morgan fingerprint density at radius 3 is 2.71 bits per heavy atom. The summed E-state index contributed by atoms with van der Waals surface area (Å²) in [5.41, 5.74) is 7.52. The zero-order valence-corrected chi connectivity index (χ0v) is 10.2. The summed E-state index contributed by atoms with van der Waals surface area (Å²) in [4.78, 5) is 9.90. The summed E-state index contributed by atoms with van der Waals surface area (Å²) in [6.45, 7) is 0.721. The van der Waals surface area contributed by atoms with E-state index in [-0.39, 0.29) is 5.28 Å². The van der Waals surface area contributed by atoms with Gasteiger partial charge in [-0.3, -0.25) is 0 Å². The van der Waals surface area contributed by atoms with Crippen LogP contribution in [0.15, 0.2) is 36.5 Å². The van der Waals surface area contributed by atoms with E-state index in [0.717, 1.165) is 6.54 Å². The van der Waals surface area contributed by atoms with Crippen LogP contribution in [0.4, 0.5) is 11.5 Å². The standard InChI is InChI=1S/C12H13ClN4/c1-17(8-9-5-3-2-4-6-9)11-10(14)7-15-12(13)16-11/h2-7H,8,14H2,1H3. The van der Waals surface area contributed by atoms with Crippen molar-refractivity contribution < 1.29 is 0 Å². The molecule has 0 aliphatic rings. The lowest BCUT2D eigenvalue weighted by atomic mass is 10.2. The first-order chi connectivity index (χ1) is 8.16. The van der Waals surface area contributed by atoms with Gasteiger partial charge in [0.1, 0.15) is 0 Å². The predicted molar refractivity (Wildman–Crippen MR) is 70.0 cm³/mol. The highest BCUT2D eigenvalue weighted by Crippen LogP contribution is 2.21. The average molecular weight is 249 g/mol. The fourth-order valence-electron chi connectivity index (χ4n) is 1.60. The molecule has 0 bridgehead atoms. The van der Waals surface area contributed by atoms with Gasteiger partial charge in [-0.05, 0) is 17.2 Å². The number of hydrogen-bond acceptors (Lipinski definition) is 4. The maximum atomic E-state index is 5.82. The molecular formula is C12H13ClN4. The van der Waals surface area contributed by atoms with Crippen LogP contribution in [0.3, 0.4) is 0 Å². The van der Waals surface area contributed by atoms with E-state index in [1.807, 2.05) is 30.1 Å². The minimum atomic E-state index is 0.203. The van der Waals surface area contributed by atoms with E-state index in [4.69, 9.17) is 17.3 Å². The summed E-state index contributed by atoms with van der Waals surface area (Å²) in [6.07, 6.45) is 1.52. The van der Waals surface area contributed by atoms with Gasteiger partial charge < -0.3 is 10.6 Å². The Kier molecular flexibility index (Phi) is 3.44. The Balaban J connectivity index is 2.20. The number of halogens is 1. The molecule has 88 valence electrons. The first-order valence-corrected chi connectivity index (χ1v) is 5.57. The molecule has 2 N–H and O–H groups in total. The van der Waals surface area contributed by atoms with Crippen LogP contribution in [0.1, 0.15) is 5.56 Å². The van der Waals surface area contributed by atoms with Gasteiger partial charge in [-0.25, -0.2) is 4.98 Å². The van der Waals surface area contributed by atoms with Gasteiger partial charge in [0, 0.05) is 13.6 Å². The summed E-state index contributed by atoms with van der Waals surface area (Å²) in [7, 11) is 1.92. The van der Waals surface area contributed by atoms with E-state index in [2.05, 4.69) is 22.1 Å². The van der Waals surface area contributed by atoms with Crippen LogP contribution in [0.5, 0.6) is 0 Å². The summed E-state index contributed by atoms with van der Waals surface area (Å²) in [6, 6.07) is 10.1. The molecule has 0 atom stereocenters. The molecule has 1 aromatic heterocycles. The van der Waals surface area contributed by atoms with E-state index in [1.165, 1.54) is 11.8 Å². The molecule has 0 saturated carbocycles. The number of hydrogen-bond donors (Lipinski definition) is 1. The quantitative estimate of drug-likeness (QED) is 0.848. The van der Waals surface area contributed by atoms with Crippen molar-refractivity contribution in [2.45, 2.75) is 6.54 Å². The molecule has 4 nitrogen and oxygen atoms in total. The summed E-state index contributed by atoms with van der Waals surface area (Å²) >= 11 is 5.76. The molecule has 0 radical (unpaired) electrons. The van der Waals surface area contributed by atoms with Crippen LogP contribution in [0.2, 0.25) is 5.28 Å². The normalized spacial score (nSPS) is 10.2. The van der Waals surface area contributed by atoms with Gasteiger partial charge in [0.15, 0.2) is 5.82 Å². The van der Waals surface area contributed by atoms with Crippen molar-refractivity contribution in [3.05, 3.63) is 47.4 Å². The Hall–Kier alpha value is -1.81. The van der Waals surface area contributed by atoms with Crippen molar-refractivity contribution in [3.8, 4) is 0 Å². The highest BCUT2D eigenvalue weighted by molar-refractivity contribution is 6.28. The van der Waals surface area contributed by atoms with Gasteiger partial charge in [0.25, 0.3) is 0 Å². The number of anilines is 2. The first kappa shape index (κ1) is 11.7. The summed E-state index contributed by atoms with van der Waals surface area (Å²) in [5, 5.41) is 0.203. The van der Waals surface area contributed by atoms with Crippen molar-refractivity contribution >= 4 is 23.1 Å². The van der Waals surface area contributed by atoms with Crippen LogP contribution in [0, 0.1) is 0 Å². The van der Waals surface area contributed by atoms with E-state index in [1.54, 1.807) is 0 Å². The Morgan fingerprint density at radius 2 is 2.00 bits per heavy atom. The van der Waals surface area contributed by atoms with E-state index < -0.39 is 0 Å². The molecule has 5 heteroatoms. The minimum Gasteiger partial charge on any atom is -0.394 e. The number of nitrogen functional groups attached to an aromatic ring is 1. The third-order valence-electron chi connectivity index (χ3n) is 2.39. The molecule has 17 heavy (non-hydrogen) atoms. The molecular weight excluding hydrogens is 236 g/mol. The number of benzene rings is 1. The van der Waals surface area contributed by atoms with Gasteiger partial charge in [-0.15, -0.1) is 0 Å². The number of nitrogens with two attached hydrogens (primary N) is 1. The Labute approximate surface area is 105 Å². The molecule has 0 aliphatic heterocycles. The molecule has 1 heterocycles. The maximum absolute atomic E-state index is 5.82. The Morgan fingerprint density at radius 1 is 1.29 bits per heavy atom. The summed E-state index contributed by atoms with van der Waals surface area (Å²) in [5.74, 6) is 0.647. The minimum absolute atomic E-state index is 0.203. The van der Waals surface area contributed by atoms with Crippen LogP contribution < -0.4 is 10.6 Å². The molecule has 0 fully saturated rings. The van der Waals surface area contributed by atoms with Gasteiger partial charge in [0.05, 0.1) is 11.9 Å². The second-order valence-electron chi connectivity index (χ2n) is 3.76. The fraction of sp³-hybridized carbons (Fsp3) is 0.167. The van der Waals surface area contributed by atoms with Gasteiger partial charge in [0.2, 0.25) is 5.28 Å². The molecule has 0 saturated heterocycles. The SMILES string of the molecule is CN(Cc1ccccc1)c1nc(Cl)ncc1N. The van der Waals surface area contributed by atoms with Crippen molar-refractivity contribution in [3.63, 3.8) is 0 Å². The first-order valence-electron chi connectivity index (χ1n) is 5.20. The lowest BCUT2D eigenvalue weighted by molar-refractivity contribution is 0.894. The number of aromatic nitrogens is 2. The molecule has 1 aromatic carbocycles. The smallest absolute Gasteiger partial charge is 0.224 e. The van der Waals surface area contributed by atoms with Crippen LogP contribution in [-0.2, 0) is 6.54 Å². The number of rotatable bonds is 3. The monoisotopic (exact) mass is 248 g/mol. The third-order valence-corrected chi connectivity index (χ3v) is 2.57. The zero-order valence-electron chi connectivity index (χ0n) is 9.47. The molecule has 0 aliphatic carbocycles. The molecule has 0 unspecified atom stereocenters. The second kappa shape index (κ2) is 5.01. The van der Waals surface area contributed by atoms with Gasteiger partial charge in [-0.1, -0.05) is 30.3 Å². The van der Waals surface area contributed by atoms with E-state index in [9.17, 15) is 0 Å². The zero-order chi connectivity index (χ0) is 12.3. The molecule has 0 amide bonds. The maximum Gasteiger partial charge on any atom is 0.224 e. The highest BCUT2D eigenvalue weighted by Gasteiger charge is 2.09. The topological polar surface area (TPSA) is 55.0 Å². The predicted octanol–water partition coefficient (Wildman–Crippen LogP) is 2.35. The van der Waals surface area contributed by atoms with Crippen molar-refractivity contribution in [2.75, 3.05) is 17.7 Å². The Bertz CT molecular complexity index is 501. The average Bonchev–Trinajstić information content (AvgIpc) is 2.33. The lowest BCUT2D eigenvalue weighted by Crippen LogP contribution is -2.19. The molecule has 2 aromatic rings. The fourth-order valence-corrected chi connectivity index (χ4v) is 1.73. The van der Waals surface area contributed by atoms with E-state index in [0.29, 0.717) is 11.5 Å². The van der Waals surface area contributed by atoms with Crippen LogP contribution >= 0.6 is 11.6 Å². The number of nitrogens with zero attached hydrogens (tertiary/aromatic N) is 3. The molecule has 0 spiro atoms. The summed E-state index contributed by atoms with van der Waals surface area (Å²) < 4.78 is 0. The van der Waals surface area contributed by atoms with Crippen LogP contribution in [0.25, 0.3) is 0 Å². The third kappa shape index (κ3) is 2.85. The lowest BCUT2D eigenvalue weighted by Gasteiger charge is -2.19. The van der Waals surface area contributed by atoms with Crippen LogP contribution in [-0.4, -0.2) is 17.0 Å².